The van der Waals surface area contributed by atoms with Gasteiger partial charge in [-0.3, -0.25) is 0 Å². The average Bonchev–Trinajstić information content (AvgIpc) is 2.30. The average molecular weight is 244 g/mol. The minimum absolute atomic E-state index is 0.202. The second-order valence-corrected chi connectivity index (χ2v) is 5.42. The molecule has 0 aliphatic rings. The Balaban J connectivity index is 0.000000873. The molecule has 0 aliphatic carbocycles. The molecule has 0 heterocycles. The highest BCUT2D eigenvalue weighted by molar-refractivity contribution is 5.24. The van der Waals surface area contributed by atoms with Crippen molar-refractivity contribution >= 4 is 0 Å². The quantitative estimate of drug-likeness (QED) is 0.606. The summed E-state index contributed by atoms with van der Waals surface area (Å²) in [5.41, 5.74) is 4.27. The molecule has 0 bridgehead atoms. The molecule has 0 amide bonds. The third-order valence-electron chi connectivity index (χ3n) is 3.23. The summed E-state index contributed by atoms with van der Waals surface area (Å²) in [7, 11) is 0. The van der Waals surface area contributed by atoms with E-state index < -0.39 is 0 Å². The molecule has 0 unspecified atom stereocenters. The van der Waals surface area contributed by atoms with Crippen molar-refractivity contribution in [2.24, 2.45) is 5.41 Å². The molecule has 0 aliphatic heterocycles. The van der Waals surface area contributed by atoms with Crippen molar-refractivity contribution in [1.29, 1.82) is 0 Å². The van der Waals surface area contributed by atoms with E-state index >= 15 is 0 Å². The zero-order chi connectivity index (χ0) is 14.2. The van der Waals surface area contributed by atoms with Crippen LogP contribution in [0, 0.1) is 5.41 Å². The largest absolute Gasteiger partial charge is 0.103 e. The molecular weight excluding hydrogens is 216 g/mol. The van der Waals surface area contributed by atoms with Crippen molar-refractivity contribution < 1.29 is 0 Å². The Hall–Kier alpha value is -1.30. The maximum absolute atomic E-state index is 4.06. The predicted octanol–water partition coefficient (Wildman–Crippen LogP) is 5.59. The molecule has 0 saturated carbocycles. The maximum atomic E-state index is 4.06. The third-order valence-corrected chi connectivity index (χ3v) is 3.23. The van der Waals surface area contributed by atoms with Crippen LogP contribution >= 0.6 is 0 Å². The molecule has 1 aromatic rings. The van der Waals surface area contributed by atoms with Gasteiger partial charge in [-0.15, -0.1) is 6.58 Å². The van der Waals surface area contributed by atoms with E-state index in [-0.39, 0.29) is 5.41 Å². The van der Waals surface area contributed by atoms with Gasteiger partial charge >= 0.3 is 0 Å². The number of hydrogen-bond donors (Lipinski definition) is 0. The fourth-order valence-electron chi connectivity index (χ4n) is 1.55. The van der Waals surface area contributed by atoms with E-state index in [4.69, 9.17) is 0 Å². The van der Waals surface area contributed by atoms with E-state index in [0.717, 1.165) is 12.8 Å². The minimum atomic E-state index is 0.202. The predicted molar refractivity (Wildman–Crippen MR) is 84.0 cm³/mol. The Morgan fingerprint density at radius 1 is 1.17 bits per heavy atom. The van der Waals surface area contributed by atoms with Gasteiger partial charge in [-0.25, -0.2) is 0 Å². The standard InChI is InChI=1S/C15H22.C3H6/c1-6-13-7-9-14(10-8-13)11-15(4,5)12(2)3;1-3-2/h7-10H,2,6,11H2,1,3-5H3;3H,1H2,2H3. The molecule has 0 saturated heterocycles. The number of allylic oxidation sites excluding steroid dienone is 2. The van der Waals surface area contributed by atoms with E-state index in [1.54, 1.807) is 6.08 Å². The summed E-state index contributed by atoms with van der Waals surface area (Å²) >= 11 is 0. The summed E-state index contributed by atoms with van der Waals surface area (Å²) in [6.07, 6.45) is 3.94. The van der Waals surface area contributed by atoms with E-state index in [1.165, 1.54) is 16.7 Å². The Morgan fingerprint density at radius 3 is 1.89 bits per heavy atom. The van der Waals surface area contributed by atoms with Crippen molar-refractivity contribution in [2.75, 3.05) is 0 Å². The van der Waals surface area contributed by atoms with Crippen LogP contribution in [-0.4, -0.2) is 0 Å². The van der Waals surface area contributed by atoms with Gasteiger partial charge in [0, 0.05) is 0 Å². The Bertz CT molecular complexity index is 366. The molecule has 0 atom stereocenters. The van der Waals surface area contributed by atoms with Gasteiger partial charge in [0.05, 0.1) is 0 Å². The van der Waals surface area contributed by atoms with E-state index in [0.29, 0.717) is 0 Å². The number of benzene rings is 1. The summed E-state index contributed by atoms with van der Waals surface area (Å²) in [6, 6.07) is 8.93. The first-order valence-electron chi connectivity index (χ1n) is 6.68. The fourth-order valence-corrected chi connectivity index (χ4v) is 1.55. The lowest BCUT2D eigenvalue weighted by Crippen LogP contribution is -2.15. The van der Waals surface area contributed by atoms with Gasteiger partial charge in [0.25, 0.3) is 0 Å². The van der Waals surface area contributed by atoms with E-state index in [9.17, 15) is 0 Å². The van der Waals surface area contributed by atoms with Crippen LogP contribution in [0.25, 0.3) is 0 Å². The van der Waals surface area contributed by atoms with Gasteiger partial charge in [-0.2, -0.15) is 0 Å². The number of rotatable bonds is 4. The third kappa shape index (κ3) is 5.86. The molecule has 0 N–H and O–H groups in total. The molecule has 0 aromatic heterocycles. The molecule has 0 spiro atoms. The molecule has 1 aromatic carbocycles. The molecule has 0 heteroatoms. The van der Waals surface area contributed by atoms with Crippen LogP contribution in [0.1, 0.15) is 45.7 Å². The Labute approximate surface area is 113 Å². The van der Waals surface area contributed by atoms with Crippen LogP contribution in [0.3, 0.4) is 0 Å². The highest BCUT2D eigenvalue weighted by Gasteiger charge is 2.18. The first-order valence-corrected chi connectivity index (χ1v) is 6.68. The van der Waals surface area contributed by atoms with Crippen LogP contribution in [-0.2, 0) is 12.8 Å². The molecule has 18 heavy (non-hydrogen) atoms. The second-order valence-electron chi connectivity index (χ2n) is 5.42. The van der Waals surface area contributed by atoms with Gasteiger partial charge in [0.15, 0.2) is 0 Å². The van der Waals surface area contributed by atoms with Gasteiger partial charge in [0.2, 0.25) is 0 Å². The summed E-state index contributed by atoms with van der Waals surface area (Å²) in [6.45, 7) is 18.1. The molecule has 1 rings (SSSR count). The van der Waals surface area contributed by atoms with Crippen molar-refractivity contribution in [3.8, 4) is 0 Å². The zero-order valence-corrected chi connectivity index (χ0v) is 12.7. The van der Waals surface area contributed by atoms with Crippen LogP contribution in [0.15, 0.2) is 49.1 Å². The summed E-state index contributed by atoms with van der Waals surface area (Å²) < 4.78 is 0. The van der Waals surface area contributed by atoms with Crippen LogP contribution < -0.4 is 0 Å². The van der Waals surface area contributed by atoms with Crippen molar-refractivity contribution in [3.05, 3.63) is 60.2 Å². The summed E-state index contributed by atoms with van der Waals surface area (Å²) in [4.78, 5) is 0. The fraction of sp³-hybridized carbons (Fsp3) is 0.444. The lowest BCUT2D eigenvalue weighted by molar-refractivity contribution is 0.445. The van der Waals surface area contributed by atoms with Gasteiger partial charge < -0.3 is 0 Å². The summed E-state index contributed by atoms with van der Waals surface area (Å²) in [5.74, 6) is 0. The molecule has 0 fully saturated rings. The SMILES string of the molecule is C=C(C)C(C)(C)Cc1ccc(CC)cc1.C=CC. The molecule has 100 valence electrons. The summed E-state index contributed by atoms with van der Waals surface area (Å²) in [5, 5.41) is 0. The van der Waals surface area contributed by atoms with Gasteiger partial charge in [0.1, 0.15) is 0 Å². The van der Waals surface area contributed by atoms with Gasteiger partial charge in [-0.1, -0.05) is 63.3 Å². The Morgan fingerprint density at radius 2 is 1.56 bits per heavy atom. The van der Waals surface area contributed by atoms with Gasteiger partial charge in [-0.05, 0) is 43.2 Å². The normalized spacial score (nSPS) is 10.3. The second kappa shape index (κ2) is 7.92. The molecule has 0 nitrogen and oxygen atoms in total. The zero-order valence-electron chi connectivity index (χ0n) is 12.7. The Kier molecular flexibility index (Phi) is 7.35. The minimum Gasteiger partial charge on any atom is -0.103 e. The van der Waals surface area contributed by atoms with Crippen molar-refractivity contribution in [2.45, 2.75) is 47.5 Å². The van der Waals surface area contributed by atoms with Crippen LogP contribution in [0.5, 0.6) is 0 Å². The van der Waals surface area contributed by atoms with E-state index in [1.807, 2.05) is 6.92 Å². The van der Waals surface area contributed by atoms with Crippen LogP contribution in [0.2, 0.25) is 0 Å². The smallest absolute Gasteiger partial charge is 0.0110 e. The lowest BCUT2D eigenvalue weighted by atomic mass is 9.80. The molecule has 0 radical (unpaired) electrons. The first kappa shape index (κ1) is 16.7. The highest BCUT2D eigenvalue weighted by atomic mass is 14.2. The number of hydrogen-bond acceptors (Lipinski definition) is 0. The topological polar surface area (TPSA) is 0 Å². The number of aryl methyl sites for hydroxylation is 1. The van der Waals surface area contributed by atoms with Crippen molar-refractivity contribution in [1.82, 2.24) is 0 Å². The lowest BCUT2D eigenvalue weighted by Gasteiger charge is -2.25. The van der Waals surface area contributed by atoms with E-state index in [2.05, 4.69) is 65.1 Å². The molecular formula is C18H28. The maximum Gasteiger partial charge on any atom is -0.0110 e. The van der Waals surface area contributed by atoms with Crippen molar-refractivity contribution in [3.63, 3.8) is 0 Å². The highest BCUT2D eigenvalue weighted by Crippen LogP contribution is 2.29. The van der Waals surface area contributed by atoms with Crippen LogP contribution in [0.4, 0.5) is 0 Å². The monoisotopic (exact) mass is 244 g/mol. The first-order chi connectivity index (χ1) is 8.37.